The zero-order chi connectivity index (χ0) is 37.5. The lowest BCUT2D eigenvalue weighted by atomic mass is 9.99. The van der Waals surface area contributed by atoms with Crippen molar-refractivity contribution in [3.05, 3.63) is 205 Å². The van der Waals surface area contributed by atoms with Crippen LogP contribution in [0.5, 0.6) is 0 Å². The first kappa shape index (κ1) is 31.8. The van der Waals surface area contributed by atoms with Crippen molar-refractivity contribution in [2.45, 2.75) is 6.42 Å². The molecule has 0 atom stereocenters. The van der Waals surface area contributed by atoms with E-state index in [1.165, 1.54) is 71.5 Å². The molecule has 3 heterocycles. The summed E-state index contributed by atoms with van der Waals surface area (Å²) in [5.74, 6) is 0.688. The fourth-order valence-corrected chi connectivity index (χ4v) is 9.13. The molecule has 1 aliphatic carbocycles. The Hall–Kier alpha value is -7.56. The van der Waals surface area contributed by atoms with Crippen LogP contribution < -0.4 is 0 Å². The summed E-state index contributed by atoms with van der Waals surface area (Å²) in [5, 5.41) is 4.81. The van der Waals surface area contributed by atoms with Crippen LogP contribution in [-0.4, -0.2) is 19.1 Å². The molecule has 8 aromatic carbocycles. The van der Waals surface area contributed by atoms with Gasteiger partial charge in [0.15, 0.2) is 0 Å². The number of benzene rings is 8. The van der Waals surface area contributed by atoms with E-state index in [-0.39, 0.29) is 0 Å². The van der Waals surface area contributed by atoms with E-state index >= 15 is 0 Å². The normalized spacial score (nSPS) is 12.1. The molecule has 0 saturated heterocycles. The summed E-state index contributed by atoms with van der Waals surface area (Å²) in [6, 6.07) is 69.8. The molecule has 4 nitrogen and oxygen atoms in total. The number of hydrogen-bond donors (Lipinski definition) is 0. The molecule has 11 aromatic rings. The number of rotatable bonds is 5. The highest BCUT2D eigenvalue weighted by Crippen LogP contribution is 2.43. The van der Waals surface area contributed by atoms with Crippen molar-refractivity contribution in [1.82, 2.24) is 19.1 Å². The van der Waals surface area contributed by atoms with E-state index in [2.05, 4.69) is 203 Å². The first-order chi connectivity index (χ1) is 28.3. The minimum atomic E-state index is 0.688. The molecule has 57 heavy (non-hydrogen) atoms. The average molecular weight is 727 g/mol. The second-order valence-electron chi connectivity index (χ2n) is 15.0. The highest BCUT2D eigenvalue weighted by Gasteiger charge is 2.27. The van der Waals surface area contributed by atoms with Gasteiger partial charge < -0.3 is 4.57 Å². The summed E-state index contributed by atoms with van der Waals surface area (Å²) < 4.78 is 4.64. The second kappa shape index (κ2) is 12.5. The third kappa shape index (κ3) is 4.94. The van der Waals surface area contributed by atoms with E-state index < -0.39 is 0 Å². The van der Waals surface area contributed by atoms with Gasteiger partial charge in [0.25, 0.3) is 0 Å². The molecule has 0 radical (unpaired) electrons. The zero-order valence-electron chi connectivity index (χ0n) is 31.0. The van der Waals surface area contributed by atoms with Crippen molar-refractivity contribution in [3.8, 4) is 56.4 Å². The maximum absolute atomic E-state index is 5.39. The summed E-state index contributed by atoms with van der Waals surface area (Å²) in [6.07, 6.45) is 0.828. The number of fused-ring (bicyclic) bond motifs is 9. The fraction of sp³-hybridized carbons (Fsp3) is 0.0189. The van der Waals surface area contributed by atoms with Crippen molar-refractivity contribution in [2.75, 3.05) is 0 Å². The number of aromatic nitrogens is 4. The Morgan fingerprint density at radius 2 is 0.842 bits per heavy atom. The molecule has 0 aliphatic heterocycles. The van der Waals surface area contributed by atoms with Crippen molar-refractivity contribution >= 4 is 43.6 Å². The first-order valence-electron chi connectivity index (χ1n) is 19.5. The van der Waals surface area contributed by atoms with Gasteiger partial charge in [0.2, 0.25) is 5.95 Å². The van der Waals surface area contributed by atoms with E-state index in [0.717, 1.165) is 40.1 Å². The van der Waals surface area contributed by atoms with Crippen molar-refractivity contribution in [1.29, 1.82) is 0 Å². The molecule has 0 unspecified atom stereocenters. The molecule has 3 aromatic heterocycles. The summed E-state index contributed by atoms with van der Waals surface area (Å²) in [6.45, 7) is 0. The Bertz CT molecular complexity index is 3360. The van der Waals surface area contributed by atoms with E-state index in [0.29, 0.717) is 5.95 Å². The molecule has 0 saturated carbocycles. The van der Waals surface area contributed by atoms with Gasteiger partial charge in [0, 0.05) is 50.3 Å². The quantitative estimate of drug-likeness (QED) is 0.177. The van der Waals surface area contributed by atoms with E-state index in [9.17, 15) is 0 Å². The number of para-hydroxylation sites is 2. The molecular formula is C53H34N4. The van der Waals surface area contributed by atoms with Gasteiger partial charge in [-0.2, -0.15) is 0 Å². The Morgan fingerprint density at radius 1 is 0.351 bits per heavy atom. The van der Waals surface area contributed by atoms with Gasteiger partial charge in [-0.25, -0.2) is 9.97 Å². The van der Waals surface area contributed by atoms with E-state index in [1.54, 1.807) is 0 Å². The molecule has 12 rings (SSSR count). The fourth-order valence-electron chi connectivity index (χ4n) is 9.13. The lowest BCUT2D eigenvalue weighted by Gasteiger charge is -2.13. The van der Waals surface area contributed by atoms with Crippen molar-refractivity contribution < 1.29 is 0 Å². The monoisotopic (exact) mass is 726 g/mol. The van der Waals surface area contributed by atoms with Crippen molar-refractivity contribution in [3.63, 3.8) is 0 Å². The van der Waals surface area contributed by atoms with Crippen LogP contribution in [0, 0.1) is 0 Å². The molecule has 0 bridgehead atoms. The van der Waals surface area contributed by atoms with Gasteiger partial charge in [-0.3, -0.25) is 4.57 Å². The molecule has 1 aliphatic rings. The second-order valence-corrected chi connectivity index (χ2v) is 15.0. The van der Waals surface area contributed by atoms with Crippen LogP contribution in [0.15, 0.2) is 194 Å². The Morgan fingerprint density at radius 3 is 1.53 bits per heavy atom. The lowest BCUT2D eigenvalue weighted by molar-refractivity contribution is 0.985. The topological polar surface area (TPSA) is 35.6 Å². The molecular weight excluding hydrogens is 693 g/mol. The average Bonchev–Trinajstić information content (AvgIpc) is 3.94. The van der Waals surface area contributed by atoms with Gasteiger partial charge in [-0.05, 0) is 82.4 Å². The predicted molar refractivity (Wildman–Crippen MR) is 235 cm³/mol. The van der Waals surface area contributed by atoms with Gasteiger partial charge in [-0.1, -0.05) is 140 Å². The largest absolute Gasteiger partial charge is 0.309 e. The van der Waals surface area contributed by atoms with Gasteiger partial charge in [0.05, 0.1) is 33.5 Å². The van der Waals surface area contributed by atoms with Crippen LogP contribution >= 0.6 is 0 Å². The predicted octanol–water partition coefficient (Wildman–Crippen LogP) is 13.2. The minimum absolute atomic E-state index is 0.688. The van der Waals surface area contributed by atoms with Gasteiger partial charge in [0.1, 0.15) is 0 Å². The van der Waals surface area contributed by atoms with Crippen LogP contribution in [0.2, 0.25) is 0 Å². The summed E-state index contributed by atoms with van der Waals surface area (Å²) in [5.41, 5.74) is 17.3. The number of hydrogen-bond acceptors (Lipinski definition) is 2. The zero-order valence-corrected chi connectivity index (χ0v) is 31.0. The van der Waals surface area contributed by atoms with Crippen LogP contribution in [-0.2, 0) is 6.42 Å². The summed E-state index contributed by atoms with van der Waals surface area (Å²) in [7, 11) is 0. The Balaban J connectivity index is 1.06. The summed E-state index contributed by atoms with van der Waals surface area (Å²) >= 11 is 0. The Kier molecular flexibility index (Phi) is 6.96. The van der Waals surface area contributed by atoms with Crippen LogP contribution in [0.3, 0.4) is 0 Å². The first-order valence-corrected chi connectivity index (χ1v) is 19.5. The molecule has 4 heteroatoms. The maximum Gasteiger partial charge on any atom is 0.235 e. The van der Waals surface area contributed by atoms with E-state index in [1.807, 2.05) is 0 Å². The standard InChI is InChI=1S/C53H34N4/c1-4-14-34(15-5-1)36-24-27-48-44(30-36)45-32-38(25-28-49(45)56(48)40-19-8-3-9-20-40)37-26-29-50-43(31-37)42-22-12-13-23-47(42)57(50)53-54-51(35-16-6-2-7-17-35)46-33-39-18-10-11-21-41(39)52(46)55-53/h1-32H,33H2. The Labute approximate surface area is 329 Å². The molecule has 0 amide bonds. The third-order valence-corrected chi connectivity index (χ3v) is 11.8. The molecule has 0 fully saturated rings. The molecule has 0 spiro atoms. The van der Waals surface area contributed by atoms with Crippen LogP contribution in [0.25, 0.3) is 100 Å². The van der Waals surface area contributed by atoms with Crippen molar-refractivity contribution in [2.24, 2.45) is 0 Å². The summed E-state index contributed by atoms with van der Waals surface area (Å²) in [4.78, 5) is 10.8. The SMILES string of the molecule is c1ccc(-c2ccc3c(c2)c2cc(-c4ccc5c(c4)c4ccccc4n5-c4nc(-c5ccccc5)c5c(n4)-c4ccccc4C5)ccc2n3-c2ccccc2)cc1. The highest BCUT2D eigenvalue weighted by atomic mass is 15.2. The van der Waals surface area contributed by atoms with Crippen LogP contribution in [0.1, 0.15) is 11.1 Å². The molecule has 266 valence electrons. The van der Waals surface area contributed by atoms with Gasteiger partial charge >= 0.3 is 0 Å². The third-order valence-electron chi connectivity index (χ3n) is 11.8. The highest BCUT2D eigenvalue weighted by molar-refractivity contribution is 6.13. The van der Waals surface area contributed by atoms with Gasteiger partial charge in [-0.15, -0.1) is 0 Å². The van der Waals surface area contributed by atoms with E-state index in [4.69, 9.17) is 9.97 Å². The molecule has 0 N–H and O–H groups in total. The minimum Gasteiger partial charge on any atom is -0.309 e. The van der Waals surface area contributed by atoms with Crippen LogP contribution in [0.4, 0.5) is 0 Å². The maximum atomic E-state index is 5.39. The lowest BCUT2D eigenvalue weighted by Crippen LogP contribution is -2.05. The number of nitrogens with zero attached hydrogens (tertiary/aromatic N) is 4. The smallest absolute Gasteiger partial charge is 0.235 e.